The highest BCUT2D eigenvalue weighted by Crippen LogP contribution is 2.29. The van der Waals surface area contributed by atoms with Crippen LogP contribution in [0.25, 0.3) is 15.9 Å². The highest BCUT2D eigenvalue weighted by Gasteiger charge is 2.24. The molecule has 0 spiro atoms. The zero-order valence-corrected chi connectivity index (χ0v) is 16.6. The molecule has 29 heavy (non-hydrogen) atoms. The lowest BCUT2D eigenvalue weighted by atomic mass is 10.2. The Morgan fingerprint density at radius 3 is 2.62 bits per heavy atom. The lowest BCUT2D eigenvalue weighted by Gasteiger charge is -2.18. The van der Waals surface area contributed by atoms with E-state index in [-0.39, 0.29) is 11.4 Å². The molecule has 4 rings (SSSR count). The first kappa shape index (κ1) is 18.9. The van der Waals surface area contributed by atoms with E-state index in [1.54, 1.807) is 32.0 Å². The summed E-state index contributed by atoms with van der Waals surface area (Å²) in [7, 11) is 0. The second-order valence-electron chi connectivity index (χ2n) is 6.38. The Morgan fingerprint density at radius 2 is 1.90 bits per heavy atom. The molecule has 0 radical (unpaired) electrons. The molecule has 0 aliphatic rings. The van der Waals surface area contributed by atoms with Crippen LogP contribution in [0.2, 0.25) is 0 Å². The number of carbonyl (C=O) groups excluding carboxylic acids is 1. The van der Waals surface area contributed by atoms with Gasteiger partial charge in [-0.1, -0.05) is 35.6 Å². The van der Waals surface area contributed by atoms with E-state index in [1.165, 1.54) is 33.1 Å². The minimum Gasteiger partial charge on any atom is -0.287 e. The second-order valence-corrected chi connectivity index (χ2v) is 7.38. The molecule has 0 fully saturated rings. The molecule has 2 heterocycles. The van der Waals surface area contributed by atoms with E-state index in [1.807, 2.05) is 24.3 Å². The monoisotopic (exact) mass is 408 g/mol. The number of nitrogens with zero attached hydrogens (tertiary/aromatic N) is 4. The van der Waals surface area contributed by atoms with Crippen molar-refractivity contribution in [3.8, 4) is 5.69 Å². The number of rotatable bonds is 4. The standard InChI is InChI=1S/C21H17FN4O2S/c1-3-25(21-23-15-9-5-7-11-18(15)29-21)20(28)19-17(27)12-13(2)26(24-19)16-10-6-4-8-14(16)22/h4-12H,3H2,1-2H3. The van der Waals surface area contributed by atoms with Crippen LogP contribution in [0, 0.1) is 12.7 Å². The first-order valence-corrected chi connectivity index (χ1v) is 9.84. The van der Waals surface area contributed by atoms with Gasteiger partial charge in [0.25, 0.3) is 5.91 Å². The highest BCUT2D eigenvalue weighted by molar-refractivity contribution is 7.22. The lowest BCUT2D eigenvalue weighted by molar-refractivity contribution is 0.0980. The molecule has 0 N–H and O–H groups in total. The van der Waals surface area contributed by atoms with Crippen molar-refractivity contribution in [1.82, 2.24) is 14.8 Å². The number of amides is 1. The van der Waals surface area contributed by atoms with Gasteiger partial charge in [-0.15, -0.1) is 0 Å². The molecule has 0 unspecified atom stereocenters. The molecule has 2 aromatic heterocycles. The van der Waals surface area contributed by atoms with Gasteiger partial charge in [0.05, 0.1) is 10.2 Å². The summed E-state index contributed by atoms with van der Waals surface area (Å²) in [6.45, 7) is 3.75. The number of aryl methyl sites for hydroxylation is 1. The third kappa shape index (κ3) is 3.42. The maximum atomic E-state index is 14.3. The van der Waals surface area contributed by atoms with Crippen molar-refractivity contribution in [3.05, 3.63) is 82.0 Å². The summed E-state index contributed by atoms with van der Waals surface area (Å²) in [5.74, 6) is -1.06. The maximum absolute atomic E-state index is 14.3. The molecule has 0 aliphatic heterocycles. The van der Waals surface area contributed by atoms with Gasteiger partial charge in [0.15, 0.2) is 10.8 Å². The van der Waals surface area contributed by atoms with Crippen molar-refractivity contribution in [1.29, 1.82) is 0 Å². The summed E-state index contributed by atoms with van der Waals surface area (Å²) in [6.07, 6.45) is 0. The van der Waals surface area contributed by atoms with E-state index in [2.05, 4.69) is 10.1 Å². The van der Waals surface area contributed by atoms with Gasteiger partial charge in [0.2, 0.25) is 5.43 Å². The fraction of sp³-hybridized carbons (Fsp3) is 0.143. The Bertz CT molecular complexity index is 1250. The molecule has 0 atom stereocenters. The Morgan fingerprint density at radius 1 is 1.17 bits per heavy atom. The highest BCUT2D eigenvalue weighted by atomic mass is 32.1. The molecule has 0 bridgehead atoms. The lowest BCUT2D eigenvalue weighted by Crippen LogP contribution is -2.36. The summed E-state index contributed by atoms with van der Waals surface area (Å²) >= 11 is 1.36. The molecule has 0 saturated heterocycles. The topological polar surface area (TPSA) is 68.1 Å². The smallest absolute Gasteiger partial charge is 0.284 e. The number of fused-ring (bicyclic) bond motifs is 1. The van der Waals surface area contributed by atoms with E-state index < -0.39 is 17.2 Å². The Balaban J connectivity index is 1.80. The van der Waals surface area contributed by atoms with Crippen LogP contribution in [0.15, 0.2) is 59.4 Å². The van der Waals surface area contributed by atoms with Gasteiger partial charge < -0.3 is 0 Å². The average Bonchev–Trinajstić information content (AvgIpc) is 3.13. The van der Waals surface area contributed by atoms with Crippen LogP contribution < -0.4 is 10.3 Å². The Kier molecular flexibility index (Phi) is 4.94. The predicted octanol–water partition coefficient (Wildman–Crippen LogP) is 3.96. The van der Waals surface area contributed by atoms with Gasteiger partial charge in [-0.2, -0.15) is 5.10 Å². The molecule has 146 valence electrons. The zero-order valence-electron chi connectivity index (χ0n) is 15.8. The van der Waals surface area contributed by atoms with Crippen molar-refractivity contribution < 1.29 is 9.18 Å². The van der Waals surface area contributed by atoms with E-state index >= 15 is 0 Å². The van der Waals surface area contributed by atoms with Gasteiger partial charge >= 0.3 is 0 Å². The summed E-state index contributed by atoms with van der Waals surface area (Å²) in [6, 6.07) is 14.9. The molecule has 0 saturated carbocycles. The van der Waals surface area contributed by atoms with Crippen LogP contribution in [0.4, 0.5) is 9.52 Å². The van der Waals surface area contributed by atoms with Crippen LogP contribution in [0.1, 0.15) is 23.1 Å². The van der Waals surface area contributed by atoms with Crippen LogP contribution in [0.3, 0.4) is 0 Å². The van der Waals surface area contributed by atoms with Gasteiger partial charge in [-0.3, -0.25) is 14.5 Å². The van der Waals surface area contributed by atoms with Crippen molar-refractivity contribution >= 4 is 32.6 Å². The summed E-state index contributed by atoms with van der Waals surface area (Å²) in [4.78, 5) is 31.6. The predicted molar refractivity (Wildman–Crippen MR) is 111 cm³/mol. The van der Waals surface area contributed by atoms with Crippen LogP contribution in [-0.4, -0.2) is 27.2 Å². The van der Waals surface area contributed by atoms with E-state index in [9.17, 15) is 14.0 Å². The largest absolute Gasteiger partial charge is 0.287 e. The number of thiazole rings is 1. The zero-order chi connectivity index (χ0) is 20.5. The quantitative estimate of drug-likeness (QED) is 0.513. The molecular formula is C21H17FN4O2S. The van der Waals surface area contributed by atoms with Crippen LogP contribution >= 0.6 is 11.3 Å². The molecule has 2 aromatic carbocycles. The summed E-state index contributed by atoms with van der Waals surface area (Å²) in [5, 5.41) is 4.69. The number of carbonyl (C=O) groups is 1. The summed E-state index contributed by atoms with van der Waals surface area (Å²) in [5.41, 5.74) is 0.584. The average molecular weight is 408 g/mol. The normalized spacial score (nSPS) is 11.0. The second kappa shape index (κ2) is 7.56. The number of hydrogen-bond acceptors (Lipinski definition) is 5. The van der Waals surface area contributed by atoms with Crippen molar-refractivity contribution in [3.63, 3.8) is 0 Å². The number of para-hydroxylation sites is 2. The Hall–Kier alpha value is -3.39. The fourth-order valence-electron chi connectivity index (χ4n) is 3.03. The first-order chi connectivity index (χ1) is 14.0. The summed E-state index contributed by atoms with van der Waals surface area (Å²) < 4.78 is 16.5. The maximum Gasteiger partial charge on any atom is 0.284 e. The third-order valence-corrected chi connectivity index (χ3v) is 5.52. The number of anilines is 1. The molecule has 4 aromatic rings. The SMILES string of the molecule is CCN(C(=O)c1nn(-c2ccccc2F)c(C)cc1=O)c1nc2ccccc2s1. The van der Waals surface area contributed by atoms with E-state index in [4.69, 9.17) is 0 Å². The first-order valence-electron chi connectivity index (χ1n) is 9.03. The van der Waals surface area contributed by atoms with Gasteiger partial charge in [-0.05, 0) is 38.1 Å². The number of hydrogen-bond donors (Lipinski definition) is 0. The molecule has 1 amide bonds. The number of halogens is 1. The van der Waals surface area contributed by atoms with Crippen molar-refractivity contribution in [2.24, 2.45) is 0 Å². The number of aromatic nitrogens is 3. The van der Waals surface area contributed by atoms with Gasteiger partial charge in [-0.25, -0.2) is 14.1 Å². The van der Waals surface area contributed by atoms with Crippen molar-refractivity contribution in [2.45, 2.75) is 13.8 Å². The molecule has 0 aliphatic carbocycles. The fourth-order valence-corrected chi connectivity index (χ4v) is 4.06. The van der Waals surface area contributed by atoms with E-state index in [0.717, 1.165) is 10.2 Å². The minimum atomic E-state index is -0.568. The van der Waals surface area contributed by atoms with Gasteiger partial charge in [0, 0.05) is 18.3 Å². The van der Waals surface area contributed by atoms with Gasteiger partial charge in [0.1, 0.15) is 11.5 Å². The van der Waals surface area contributed by atoms with Crippen LogP contribution in [0.5, 0.6) is 0 Å². The molecule has 6 nitrogen and oxygen atoms in total. The molecule has 8 heteroatoms. The third-order valence-electron chi connectivity index (χ3n) is 4.47. The van der Waals surface area contributed by atoms with Crippen LogP contribution in [-0.2, 0) is 0 Å². The molecular weight excluding hydrogens is 391 g/mol. The number of benzene rings is 2. The van der Waals surface area contributed by atoms with E-state index in [0.29, 0.717) is 17.4 Å². The van der Waals surface area contributed by atoms with Crippen molar-refractivity contribution in [2.75, 3.05) is 11.4 Å². The Labute approximate surface area is 169 Å². The minimum absolute atomic E-state index is 0.169.